The first-order valence-corrected chi connectivity index (χ1v) is 8.44. The molecule has 5 heteroatoms. The second-order valence-corrected chi connectivity index (χ2v) is 6.15. The van der Waals surface area contributed by atoms with Gasteiger partial charge >= 0.3 is 0 Å². The molecule has 0 unspecified atom stereocenters. The highest BCUT2D eigenvalue weighted by Gasteiger charge is 2.21. The Balaban J connectivity index is 1.92. The first-order chi connectivity index (χ1) is 12.0. The first-order valence-electron chi connectivity index (χ1n) is 8.44. The van der Waals surface area contributed by atoms with Gasteiger partial charge in [0, 0.05) is 18.3 Å². The van der Waals surface area contributed by atoms with Crippen molar-refractivity contribution < 1.29 is 14.3 Å². The van der Waals surface area contributed by atoms with Gasteiger partial charge in [-0.3, -0.25) is 9.59 Å². The standard InChI is InChI=1S/C20H22N2O3/c1-4-14-7-5-6-13(2)19(14)21-20(24)15-8-9-17-16(12-15)22(3)18(23)10-11-25-17/h5-9,12H,4,10-11H2,1-3H3,(H,21,24). The number of hydrogen-bond acceptors (Lipinski definition) is 3. The van der Waals surface area contributed by atoms with E-state index < -0.39 is 0 Å². The van der Waals surface area contributed by atoms with E-state index in [2.05, 4.69) is 12.2 Å². The summed E-state index contributed by atoms with van der Waals surface area (Å²) in [5.41, 5.74) is 4.09. The van der Waals surface area contributed by atoms with Gasteiger partial charge in [0.15, 0.2) is 0 Å². The molecule has 2 aromatic carbocycles. The third-order valence-corrected chi connectivity index (χ3v) is 4.51. The molecule has 0 fully saturated rings. The Kier molecular flexibility index (Phi) is 4.74. The fourth-order valence-electron chi connectivity index (χ4n) is 2.98. The molecule has 0 spiro atoms. The van der Waals surface area contributed by atoms with Crippen LogP contribution in [0.4, 0.5) is 11.4 Å². The molecule has 0 saturated carbocycles. The molecule has 0 atom stereocenters. The lowest BCUT2D eigenvalue weighted by atomic mass is 10.1. The number of benzene rings is 2. The molecule has 0 bridgehead atoms. The van der Waals surface area contributed by atoms with Crippen molar-refractivity contribution in [3.8, 4) is 5.75 Å². The summed E-state index contributed by atoms with van der Waals surface area (Å²) < 4.78 is 5.60. The van der Waals surface area contributed by atoms with E-state index in [1.807, 2.05) is 25.1 Å². The van der Waals surface area contributed by atoms with Gasteiger partial charge in [-0.1, -0.05) is 25.1 Å². The number of ether oxygens (including phenoxy) is 1. The van der Waals surface area contributed by atoms with Crippen LogP contribution in [0.3, 0.4) is 0 Å². The third-order valence-electron chi connectivity index (χ3n) is 4.51. The minimum absolute atomic E-state index is 0.0246. The van der Waals surface area contributed by atoms with Crippen molar-refractivity contribution in [3.05, 3.63) is 53.1 Å². The first kappa shape index (κ1) is 17.0. The fourth-order valence-corrected chi connectivity index (χ4v) is 2.98. The van der Waals surface area contributed by atoms with Crippen LogP contribution in [0.1, 0.15) is 34.8 Å². The molecule has 1 aliphatic heterocycles. The average Bonchev–Trinajstić information content (AvgIpc) is 2.75. The normalized spacial score (nSPS) is 13.7. The second kappa shape index (κ2) is 6.97. The number of nitrogens with one attached hydrogen (secondary N) is 1. The van der Waals surface area contributed by atoms with Crippen LogP contribution >= 0.6 is 0 Å². The van der Waals surface area contributed by atoms with E-state index in [1.54, 1.807) is 30.1 Å². The zero-order valence-corrected chi connectivity index (χ0v) is 14.8. The summed E-state index contributed by atoms with van der Waals surface area (Å²) in [6, 6.07) is 11.2. The molecule has 0 aromatic heterocycles. The fraction of sp³-hybridized carbons (Fsp3) is 0.300. The quantitative estimate of drug-likeness (QED) is 0.931. The van der Waals surface area contributed by atoms with Crippen LogP contribution in [-0.2, 0) is 11.2 Å². The van der Waals surface area contributed by atoms with Crippen LogP contribution in [0.15, 0.2) is 36.4 Å². The number of fused-ring (bicyclic) bond motifs is 1. The summed E-state index contributed by atoms with van der Waals surface area (Å²) in [4.78, 5) is 26.3. The molecular weight excluding hydrogens is 316 g/mol. The van der Waals surface area contributed by atoms with E-state index in [1.165, 1.54) is 0 Å². The molecule has 1 aliphatic rings. The van der Waals surface area contributed by atoms with E-state index in [0.717, 1.165) is 23.2 Å². The minimum Gasteiger partial charge on any atom is -0.491 e. The van der Waals surface area contributed by atoms with Crippen molar-refractivity contribution in [3.63, 3.8) is 0 Å². The van der Waals surface area contributed by atoms with Crippen molar-refractivity contribution in [1.82, 2.24) is 0 Å². The molecule has 0 saturated heterocycles. The van der Waals surface area contributed by atoms with Gasteiger partial charge in [-0.05, 0) is 42.7 Å². The largest absolute Gasteiger partial charge is 0.491 e. The molecule has 2 aromatic rings. The number of nitrogens with zero attached hydrogens (tertiary/aromatic N) is 1. The molecule has 2 amide bonds. The van der Waals surface area contributed by atoms with E-state index in [0.29, 0.717) is 30.0 Å². The summed E-state index contributed by atoms with van der Waals surface area (Å²) in [6.45, 7) is 4.39. The number of anilines is 2. The second-order valence-electron chi connectivity index (χ2n) is 6.15. The lowest BCUT2D eigenvalue weighted by Gasteiger charge is -2.18. The molecule has 25 heavy (non-hydrogen) atoms. The molecule has 130 valence electrons. The lowest BCUT2D eigenvalue weighted by Crippen LogP contribution is -2.25. The van der Waals surface area contributed by atoms with Gasteiger partial charge in [-0.15, -0.1) is 0 Å². The monoisotopic (exact) mass is 338 g/mol. The molecular formula is C20H22N2O3. The van der Waals surface area contributed by atoms with Gasteiger partial charge in [0.1, 0.15) is 5.75 Å². The number of carbonyl (C=O) groups excluding carboxylic acids is 2. The number of amides is 2. The number of para-hydroxylation sites is 1. The maximum atomic E-state index is 12.7. The Morgan fingerprint density at radius 3 is 2.84 bits per heavy atom. The Morgan fingerprint density at radius 2 is 2.08 bits per heavy atom. The Morgan fingerprint density at radius 1 is 1.28 bits per heavy atom. The molecule has 1 N–H and O–H groups in total. The Labute approximate surface area is 147 Å². The van der Waals surface area contributed by atoms with Gasteiger partial charge in [0.05, 0.1) is 18.7 Å². The van der Waals surface area contributed by atoms with Crippen LogP contribution in [0.2, 0.25) is 0 Å². The van der Waals surface area contributed by atoms with Crippen molar-refractivity contribution in [2.75, 3.05) is 23.9 Å². The summed E-state index contributed by atoms with van der Waals surface area (Å²) in [5.74, 6) is 0.399. The Hall–Kier alpha value is -2.82. The highest BCUT2D eigenvalue weighted by atomic mass is 16.5. The number of hydrogen-bond donors (Lipinski definition) is 1. The Bertz CT molecular complexity index is 830. The minimum atomic E-state index is -0.197. The number of rotatable bonds is 3. The SMILES string of the molecule is CCc1cccc(C)c1NC(=O)c1ccc2c(c1)N(C)C(=O)CCO2. The van der Waals surface area contributed by atoms with Crippen LogP contribution in [0, 0.1) is 6.92 Å². The zero-order chi connectivity index (χ0) is 18.0. The lowest BCUT2D eigenvalue weighted by molar-refractivity contribution is -0.118. The van der Waals surface area contributed by atoms with Crippen molar-refractivity contribution in [2.45, 2.75) is 26.7 Å². The smallest absolute Gasteiger partial charge is 0.255 e. The molecule has 3 rings (SSSR count). The topological polar surface area (TPSA) is 58.6 Å². The van der Waals surface area contributed by atoms with Crippen LogP contribution < -0.4 is 15.0 Å². The van der Waals surface area contributed by atoms with Crippen molar-refractivity contribution >= 4 is 23.2 Å². The predicted molar refractivity (Wildman–Crippen MR) is 98.5 cm³/mol. The zero-order valence-electron chi connectivity index (χ0n) is 14.8. The van der Waals surface area contributed by atoms with E-state index in [-0.39, 0.29) is 11.8 Å². The van der Waals surface area contributed by atoms with Gasteiger partial charge < -0.3 is 15.0 Å². The molecule has 0 aliphatic carbocycles. The number of aryl methyl sites for hydroxylation is 2. The third kappa shape index (κ3) is 3.36. The highest BCUT2D eigenvalue weighted by Crippen LogP contribution is 2.32. The van der Waals surface area contributed by atoms with Gasteiger partial charge in [0.25, 0.3) is 5.91 Å². The average molecular weight is 338 g/mol. The summed E-state index contributed by atoms with van der Waals surface area (Å²) in [6.07, 6.45) is 1.17. The number of carbonyl (C=O) groups is 2. The van der Waals surface area contributed by atoms with Crippen LogP contribution in [-0.4, -0.2) is 25.5 Å². The van der Waals surface area contributed by atoms with Gasteiger partial charge in [-0.2, -0.15) is 0 Å². The van der Waals surface area contributed by atoms with Gasteiger partial charge in [0.2, 0.25) is 5.91 Å². The van der Waals surface area contributed by atoms with Crippen molar-refractivity contribution in [2.24, 2.45) is 0 Å². The highest BCUT2D eigenvalue weighted by molar-refractivity contribution is 6.06. The van der Waals surface area contributed by atoms with E-state index in [9.17, 15) is 9.59 Å². The van der Waals surface area contributed by atoms with E-state index >= 15 is 0 Å². The summed E-state index contributed by atoms with van der Waals surface area (Å²) >= 11 is 0. The summed E-state index contributed by atoms with van der Waals surface area (Å²) in [5, 5.41) is 3.01. The molecule has 0 radical (unpaired) electrons. The predicted octanol–water partition coefficient (Wildman–Crippen LogP) is 3.56. The van der Waals surface area contributed by atoms with E-state index in [4.69, 9.17) is 4.74 Å². The van der Waals surface area contributed by atoms with Gasteiger partial charge in [-0.25, -0.2) is 0 Å². The molecule has 1 heterocycles. The molecule has 5 nitrogen and oxygen atoms in total. The maximum absolute atomic E-state index is 12.7. The summed E-state index contributed by atoms with van der Waals surface area (Å²) in [7, 11) is 1.70. The van der Waals surface area contributed by atoms with Crippen molar-refractivity contribution in [1.29, 1.82) is 0 Å². The maximum Gasteiger partial charge on any atom is 0.255 e. The van der Waals surface area contributed by atoms with Crippen LogP contribution in [0.25, 0.3) is 0 Å². The van der Waals surface area contributed by atoms with Crippen LogP contribution in [0.5, 0.6) is 5.75 Å².